The molecule has 0 aromatic heterocycles. The number of hydrogen-bond donors (Lipinski definition) is 1. The van der Waals surface area contributed by atoms with Crippen LogP contribution in [0.1, 0.15) is 31.4 Å². The van der Waals surface area contributed by atoms with Gasteiger partial charge in [-0.05, 0) is 25.0 Å². The molecule has 0 radical (unpaired) electrons. The highest BCUT2D eigenvalue weighted by atomic mass is 19.4. The second-order valence-electron chi connectivity index (χ2n) is 7.07. The molecule has 2 atom stereocenters. The van der Waals surface area contributed by atoms with Gasteiger partial charge in [-0.15, -0.1) is 5.11 Å². The van der Waals surface area contributed by atoms with E-state index in [-0.39, 0.29) is 18.5 Å². The van der Waals surface area contributed by atoms with Gasteiger partial charge in [0.25, 0.3) is 5.91 Å². The minimum Gasteiger partial charge on any atom is -0.340 e. The lowest BCUT2D eigenvalue weighted by Crippen LogP contribution is -2.41. The Morgan fingerprint density at radius 2 is 2.11 bits per heavy atom. The average molecular weight is 376 g/mol. The van der Waals surface area contributed by atoms with Gasteiger partial charge in [-0.3, -0.25) is 4.79 Å². The van der Waals surface area contributed by atoms with Crippen molar-refractivity contribution in [2.75, 3.05) is 13.6 Å². The van der Waals surface area contributed by atoms with Crippen molar-refractivity contribution in [3.8, 4) is 0 Å². The van der Waals surface area contributed by atoms with E-state index in [4.69, 9.17) is 0 Å². The number of nitrogens with one attached hydrogen (secondary N) is 1. The summed E-state index contributed by atoms with van der Waals surface area (Å²) < 4.78 is 40.1. The number of amides is 1. The third-order valence-electron chi connectivity index (χ3n) is 5.90. The van der Waals surface area contributed by atoms with Crippen molar-refractivity contribution in [2.45, 2.75) is 37.9 Å². The number of halogens is 3. The van der Waals surface area contributed by atoms with Crippen LogP contribution >= 0.6 is 0 Å². The zero-order valence-corrected chi connectivity index (χ0v) is 15.2. The SMILES string of the molecule is CC[C@]1(c2cccc(C(F)(F)F)c2)C2=C(N=NC2)NC2=C1C(=O)N(C)[C@H]2C. The van der Waals surface area contributed by atoms with E-state index in [1.54, 1.807) is 18.0 Å². The summed E-state index contributed by atoms with van der Waals surface area (Å²) in [6.45, 7) is 4.03. The molecule has 0 unspecified atom stereocenters. The molecule has 0 saturated heterocycles. The number of dihydropyridines is 1. The van der Waals surface area contributed by atoms with Crippen LogP contribution in [0, 0.1) is 0 Å². The molecule has 3 aliphatic heterocycles. The van der Waals surface area contributed by atoms with Crippen molar-refractivity contribution >= 4 is 5.91 Å². The Hall–Kier alpha value is -2.64. The largest absolute Gasteiger partial charge is 0.416 e. The van der Waals surface area contributed by atoms with Gasteiger partial charge in [-0.25, -0.2) is 0 Å². The lowest BCUT2D eigenvalue weighted by Gasteiger charge is -2.39. The maximum Gasteiger partial charge on any atom is 0.416 e. The number of rotatable bonds is 2. The monoisotopic (exact) mass is 376 g/mol. The molecule has 5 nitrogen and oxygen atoms in total. The van der Waals surface area contributed by atoms with E-state index in [0.717, 1.165) is 17.7 Å². The fraction of sp³-hybridized carbons (Fsp3) is 0.421. The molecule has 1 aromatic rings. The summed E-state index contributed by atoms with van der Waals surface area (Å²) in [7, 11) is 1.70. The van der Waals surface area contributed by atoms with Gasteiger partial charge in [0.15, 0.2) is 5.82 Å². The van der Waals surface area contributed by atoms with Crippen LogP contribution in [0.5, 0.6) is 0 Å². The Labute approximate surface area is 154 Å². The van der Waals surface area contributed by atoms with E-state index in [0.29, 0.717) is 29.1 Å². The van der Waals surface area contributed by atoms with E-state index in [2.05, 4.69) is 15.5 Å². The molecular weight excluding hydrogens is 357 g/mol. The molecule has 0 bridgehead atoms. The van der Waals surface area contributed by atoms with Gasteiger partial charge in [0, 0.05) is 18.3 Å². The molecule has 0 aliphatic carbocycles. The van der Waals surface area contributed by atoms with Crippen LogP contribution in [0.25, 0.3) is 0 Å². The topological polar surface area (TPSA) is 57.1 Å². The number of likely N-dealkylation sites (N-methyl/N-ethyl adjacent to an activating group) is 1. The summed E-state index contributed by atoms with van der Waals surface area (Å²) >= 11 is 0. The van der Waals surface area contributed by atoms with Gasteiger partial charge in [0.05, 0.1) is 29.1 Å². The van der Waals surface area contributed by atoms with Gasteiger partial charge in [-0.1, -0.05) is 25.1 Å². The first kappa shape index (κ1) is 17.8. The second-order valence-corrected chi connectivity index (χ2v) is 7.07. The molecule has 0 spiro atoms. The number of nitrogens with zero attached hydrogens (tertiary/aromatic N) is 3. The summed E-state index contributed by atoms with van der Waals surface area (Å²) in [5, 5.41) is 11.4. The van der Waals surface area contributed by atoms with Crippen LogP contribution in [-0.2, 0) is 16.4 Å². The molecule has 1 N–H and O–H groups in total. The van der Waals surface area contributed by atoms with Crippen LogP contribution in [-0.4, -0.2) is 30.4 Å². The lowest BCUT2D eigenvalue weighted by atomic mass is 9.64. The molecule has 4 rings (SSSR count). The van der Waals surface area contributed by atoms with Crippen molar-refractivity contribution in [1.82, 2.24) is 10.2 Å². The number of benzene rings is 1. The van der Waals surface area contributed by atoms with E-state index in [1.807, 2.05) is 13.8 Å². The zero-order valence-electron chi connectivity index (χ0n) is 15.2. The molecule has 1 amide bonds. The van der Waals surface area contributed by atoms with Crippen molar-refractivity contribution in [3.63, 3.8) is 0 Å². The standard InChI is InChI=1S/C19H19F3N4O/c1-4-18(11-6-5-7-12(8-11)19(20,21)22)13-9-23-25-16(13)24-15-10(2)26(3)17(27)14(15)18/h5-8,10,24H,4,9H2,1-3H3/t10-,18-/m0/s1. The highest BCUT2D eigenvalue weighted by Crippen LogP contribution is 2.52. The minimum atomic E-state index is -4.46. The smallest absolute Gasteiger partial charge is 0.340 e. The second kappa shape index (κ2) is 5.68. The predicted octanol–water partition coefficient (Wildman–Crippen LogP) is 3.75. The van der Waals surface area contributed by atoms with Crippen molar-refractivity contribution in [1.29, 1.82) is 0 Å². The van der Waals surface area contributed by atoms with E-state index in [1.165, 1.54) is 6.07 Å². The van der Waals surface area contributed by atoms with Crippen LogP contribution in [0.2, 0.25) is 0 Å². The van der Waals surface area contributed by atoms with Crippen LogP contribution < -0.4 is 5.32 Å². The molecule has 0 saturated carbocycles. The van der Waals surface area contributed by atoms with Gasteiger partial charge in [0.1, 0.15) is 0 Å². The Bertz CT molecular complexity index is 931. The molecule has 3 heterocycles. The predicted molar refractivity (Wildman–Crippen MR) is 92.6 cm³/mol. The molecule has 0 fully saturated rings. The number of hydrogen-bond acceptors (Lipinski definition) is 4. The van der Waals surface area contributed by atoms with Crippen LogP contribution in [0.3, 0.4) is 0 Å². The molecule has 142 valence electrons. The maximum atomic E-state index is 13.4. The Kier molecular flexibility index (Phi) is 3.73. The quantitative estimate of drug-likeness (QED) is 0.855. The first-order valence-electron chi connectivity index (χ1n) is 8.79. The van der Waals surface area contributed by atoms with Crippen molar-refractivity contribution in [3.05, 3.63) is 58.1 Å². The summed E-state index contributed by atoms with van der Waals surface area (Å²) in [5.74, 6) is 0.366. The maximum absolute atomic E-state index is 13.4. The Morgan fingerprint density at radius 3 is 2.78 bits per heavy atom. The minimum absolute atomic E-state index is 0.178. The highest BCUT2D eigenvalue weighted by Gasteiger charge is 2.53. The lowest BCUT2D eigenvalue weighted by molar-refractivity contribution is -0.137. The summed E-state index contributed by atoms with van der Waals surface area (Å²) in [6.07, 6.45) is -4.02. The summed E-state index contributed by atoms with van der Waals surface area (Å²) in [6, 6.07) is 5.04. The first-order chi connectivity index (χ1) is 12.7. The zero-order chi connectivity index (χ0) is 19.6. The molecular formula is C19H19F3N4O. The van der Waals surface area contributed by atoms with E-state index >= 15 is 0 Å². The molecule has 3 aliphatic rings. The number of azo groups is 1. The fourth-order valence-electron chi connectivity index (χ4n) is 4.35. The molecule has 8 heteroatoms. The average Bonchev–Trinajstić information content (AvgIpc) is 3.20. The summed E-state index contributed by atoms with van der Waals surface area (Å²) in [4.78, 5) is 14.7. The Morgan fingerprint density at radius 1 is 1.37 bits per heavy atom. The number of carbonyl (C=O) groups is 1. The van der Waals surface area contributed by atoms with Crippen molar-refractivity contribution < 1.29 is 18.0 Å². The van der Waals surface area contributed by atoms with Gasteiger partial charge in [0.2, 0.25) is 0 Å². The Balaban J connectivity index is 2.00. The number of alkyl halides is 3. The highest BCUT2D eigenvalue weighted by molar-refractivity contribution is 6.01. The summed E-state index contributed by atoms with van der Waals surface area (Å²) in [5.41, 5.74) is 0.695. The number of carbonyl (C=O) groups excluding carboxylic acids is 1. The molecule has 1 aromatic carbocycles. The normalized spacial score (nSPS) is 27.3. The van der Waals surface area contributed by atoms with E-state index < -0.39 is 17.2 Å². The third-order valence-corrected chi connectivity index (χ3v) is 5.90. The van der Waals surface area contributed by atoms with Gasteiger partial charge in [-0.2, -0.15) is 18.3 Å². The molecule has 27 heavy (non-hydrogen) atoms. The van der Waals surface area contributed by atoms with Crippen LogP contribution in [0.15, 0.2) is 57.2 Å². The third kappa shape index (κ3) is 2.28. The van der Waals surface area contributed by atoms with E-state index in [9.17, 15) is 18.0 Å². The van der Waals surface area contributed by atoms with Crippen LogP contribution in [0.4, 0.5) is 13.2 Å². The van der Waals surface area contributed by atoms with Gasteiger partial charge >= 0.3 is 6.18 Å². The first-order valence-corrected chi connectivity index (χ1v) is 8.79. The van der Waals surface area contributed by atoms with Crippen molar-refractivity contribution in [2.24, 2.45) is 10.2 Å². The fourth-order valence-corrected chi connectivity index (χ4v) is 4.35. The van der Waals surface area contributed by atoms with Gasteiger partial charge < -0.3 is 10.2 Å².